The lowest BCUT2D eigenvalue weighted by atomic mass is 10.0. The van der Waals surface area contributed by atoms with Crippen molar-refractivity contribution in [1.82, 2.24) is 15.2 Å². The minimum atomic E-state index is -0.829. The Morgan fingerprint density at radius 3 is 2.95 bits per heavy atom. The number of piperidine rings is 1. The Kier molecular flexibility index (Phi) is 3.60. The lowest BCUT2D eigenvalue weighted by Crippen LogP contribution is -2.39. The van der Waals surface area contributed by atoms with Gasteiger partial charge in [0, 0.05) is 30.9 Å². The average Bonchev–Trinajstić information content (AvgIpc) is 3.00. The SMILES string of the molecule is F[C@@H]1CNCC[C@H]1n1ccc2c(N3C=CCNC3)cccc21. The molecule has 2 atom stereocenters. The van der Waals surface area contributed by atoms with Gasteiger partial charge in [-0.2, -0.15) is 0 Å². The molecule has 2 aromatic rings. The maximum absolute atomic E-state index is 14.3. The molecule has 1 saturated heterocycles. The van der Waals surface area contributed by atoms with Crippen molar-refractivity contribution in [1.29, 1.82) is 0 Å². The van der Waals surface area contributed by atoms with Crippen LogP contribution in [0, 0.1) is 0 Å². The molecule has 116 valence electrons. The summed E-state index contributed by atoms with van der Waals surface area (Å²) in [5.41, 5.74) is 2.29. The molecule has 0 aliphatic carbocycles. The molecule has 0 spiro atoms. The topological polar surface area (TPSA) is 32.2 Å². The summed E-state index contributed by atoms with van der Waals surface area (Å²) in [7, 11) is 0. The van der Waals surface area contributed by atoms with E-state index >= 15 is 0 Å². The summed E-state index contributed by atoms with van der Waals surface area (Å²) < 4.78 is 16.4. The molecule has 1 aromatic carbocycles. The van der Waals surface area contributed by atoms with Gasteiger partial charge >= 0.3 is 0 Å². The molecule has 2 N–H and O–H groups in total. The van der Waals surface area contributed by atoms with E-state index in [1.54, 1.807) is 0 Å². The van der Waals surface area contributed by atoms with Gasteiger partial charge < -0.3 is 14.8 Å². The molecule has 22 heavy (non-hydrogen) atoms. The summed E-state index contributed by atoms with van der Waals surface area (Å²) in [5.74, 6) is 0. The van der Waals surface area contributed by atoms with Crippen molar-refractivity contribution in [2.45, 2.75) is 18.6 Å². The molecular formula is C17H21FN4. The van der Waals surface area contributed by atoms with Gasteiger partial charge in [-0.05, 0) is 31.2 Å². The Hall–Kier alpha value is -1.85. The first-order valence-corrected chi connectivity index (χ1v) is 7.93. The molecule has 4 rings (SSSR count). The maximum atomic E-state index is 14.3. The number of nitrogens with zero attached hydrogens (tertiary/aromatic N) is 2. The number of nitrogens with one attached hydrogen (secondary N) is 2. The summed E-state index contributed by atoms with van der Waals surface area (Å²) >= 11 is 0. The number of fused-ring (bicyclic) bond motifs is 1. The summed E-state index contributed by atoms with van der Waals surface area (Å²) in [5, 5.41) is 7.64. The molecule has 0 amide bonds. The molecule has 3 heterocycles. The van der Waals surface area contributed by atoms with Gasteiger partial charge in [-0.3, -0.25) is 5.32 Å². The second-order valence-corrected chi connectivity index (χ2v) is 5.98. The van der Waals surface area contributed by atoms with Gasteiger partial charge in [-0.25, -0.2) is 4.39 Å². The highest BCUT2D eigenvalue weighted by Gasteiger charge is 2.27. The van der Waals surface area contributed by atoms with Crippen molar-refractivity contribution in [2.24, 2.45) is 0 Å². The number of hydrogen-bond acceptors (Lipinski definition) is 3. The molecule has 0 unspecified atom stereocenters. The van der Waals surface area contributed by atoms with E-state index in [0.717, 1.165) is 31.7 Å². The first kappa shape index (κ1) is 13.8. The Morgan fingerprint density at radius 2 is 2.14 bits per heavy atom. The molecule has 0 radical (unpaired) electrons. The van der Waals surface area contributed by atoms with Gasteiger partial charge in [-0.15, -0.1) is 0 Å². The molecule has 2 aliphatic heterocycles. The normalized spacial score (nSPS) is 25.8. The van der Waals surface area contributed by atoms with E-state index < -0.39 is 6.17 Å². The maximum Gasteiger partial charge on any atom is 0.133 e. The molecule has 1 aromatic heterocycles. The van der Waals surface area contributed by atoms with Gasteiger partial charge in [0.1, 0.15) is 6.17 Å². The van der Waals surface area contributed by atoms with Crippen LogP contribution in [0.15, 0.2) is 42.7 Å². The fraction of sp³-hybridized carbons (Fsp3) is 0.412. The third-order valence-electron chi connectivity index (χ3n) is 4.61. The van der Waals surface area contributed by atoms with Crippen LogP contribution in [0.25, 0.3) is 10.9 Å². The third kappa shape index (κ3) is 2.30. The van der Waals surface area contributed by atoms with Crippen LogP contribution in [0.1, 0.15) is 12.5 Å². The van der Waals surface area contributed by atoms with Crippen molar-refractivity contribution in [2.75, 3.05) is 31.2 Å². The van der Waals surface area contributed by atoms with E-state index in [-0.39, 0.29) is 6.04 Å². The Balaban J connectivity index is 1.76. The number of rotatable bonds is 2. The fourth-order valence-electron chi connectivity index (χ4n) is 3.50. The first-order chi connectivity index (χ1) is 10.8. The fourth-order valence-corrected chi connectivity index (χ4v) is 3.50. The van der Waals surface area contributed by atoms with Crippen molar-refractivity contribution >= 4 is 16.6 Å². The highest BCUT2D eigenvalue weighted by atomic mass is 19.1. The lowest BCUT2D eigenvalue weighted by Gasteiger charge is -2.29. The average molecular weight is 300 g/mol. The minimum absolute atomic E-state index is 0.0657. The standard InChI is InChI=1S/C17H21FN4/c18-14-11-19-8-5-17(14)22-10-6-13-15(3-1-4-16(13)22)21-9-2-7-20-12-21/h1-4,6,9-10,14,17,19-20H,5,7-8,11-12H2/t14-,17-/m1/s1. The van der Waals surface area contributed by atoms with Crippen LogP contribution in [0.4, 0.5) is 10.1 Å². The smallest absolute Gasteiger partial charge is 0.133 e. The number of aromatic nitrogens is 1. The summed E-state index contributed by atoms with van der Waals surface area (Å²) in [6.07, 6.45) is 6.28. The van der Waals surface area contributed by atoms with Crippen molar-refractivity contribution in [3.63, 3.8) is 0 Å². The highest BCUT2D eigenvalue weighted by molar-refractivity contribution is 5.93. The molecule has 2 aliphatic rings. The Labute approximate surface area is 129 Å². The molecule has 1 fully saturated rings. The summed E-state index contributed by atoms with van der Waals surface area (Å²) in [4.78, 5) is 2.20. The van der Waals surface area contributed by atoms with Crippen molar-refractivity contribution in [3.8, 4) is 0 Å². The van der Waals surface area contributed by atoms with Crippen molar-refractivity contribution < 1.29 is 4.39 Å². The van der Waals surface area contributed by atoms with Crippen LogP contribution >= 0.6 is 0 Å². The van der Waals surface area contributed by atoms with Crippen LogP contribution in [-0.2, 0) is 0 Å². The monoisotopic (exact) mass is 300 g/mol. The van der Waals surface area contributed by atoms with E-state index in [2.05, 4.69) is 56.6 Å². The highest BCUT2D eigenvalue weighted by Crippen LogP contribution is 2.32. The van der Waals surface area contributed by atoms with Gasteiger partial charge in [0.05, 0.1) is 23.9 Å². The van der Waals surface area contributed by atoms with Gasteiger partial charge in [0.25, 0.3) is 0 Å². The predicted molar refractivity (Wildman–Crippen MR) is 87.8 cm³/mol. The minimum Gasteiger partial charge on any atom is -0.341 e. The summed E-state index contributed by atoms with van der Waals surface area (Å²) in [6.45, 7) is 3.04. The quantitative estimate of drug-likeness (QED) is 0.893. The second-order valence-electron chi connectivity index (χ2n) is 5.98. The molecular weight excluding hydrogens is 279 g/mol. The molecule has 4 nitrogen and oxygen atoms in total. The van der Waals surface area contributed by atoms with Crippen LogP contribution in [0.5, 0.6) is 0 Å². The zero-order chi connectivity index (χ0) is 14.9. The van der Waals surface area contributed by atoms with Gasteiger partial charge in [0.2, 0.25) is 0 Å². The van der Waals surface area contributed by atoms with E-state index in [9.17, 15) is 4.39 Å². The van der Waals surface area contributed by atoms with Gasteiger partial charge in [0.15, 0.2) is 0 Å². The Morgan fingerprint density at radius 1 is 1.18 bits per heavy atom. The zero-order valence-electron chi connectivity index (χ0n) is 12.5. The second kappa shape index (κ2) is 5.74. The summed E-state index contributed by atoms with van der Waals surface area (Å²) in [6, 6.07) is 8.32. The van der Waals surface area contributed by atoms with Crippen LogP contribution in [0.3, 0.4) is 0 Å². The van der Waals surface area contributed by atoms with E-state index in [0.29, 0.717) is 6.54 Å². The number of anilines is 1. The number of halogens is 1. The predicted octanol–water partition coefficient (Wildman–Crippen LogP) is 2.39. The van der Waals surface area contributed by atoms with Crippen molar-refractivity contribution in [3.05, 3.63) is 42.7 Å². The molecule has 0 saturated carbocycles. The number of hydrogen-bond donors (Lipinski definition) is 2. The molecule has 0 bridgehead atoms. The number of alkyl halides is 1. The van der Waals surface area contributed by atoms with Crippen LogP contribution in [0.2, 0.25) is 0 Å². The van der Waals surface area contributed by atoms with Crippen LogP contribution in [-0.4, -0.2) is 37.0 Å². The van der Waals surface area contributed by atoms with E-state index in [1.165, 1.54) is 11.1 Å². The van der Waals surface area contributed by atoms with E-state index in [4.69, 9.17) is 0 Å². The van der Waals surface area contributed by atoms with E-state index in [1.807, 2.05) is 6.20 Å². The largest absolute Gasteiger partial charge is 0.341 e. The first-order valence-electron chi connectivity index (χ1n) is 7.93. The molecule has 5 heteroatoms. The van der Waals surface area contributed by atoms with Crippen LogP contribution < -0.4 is 15.5 Å². The number of benzene rings is 1. The lowest BCUT2D eigenvalue weighted by molar-refractivity contribution is 0.187. The zero-order valence-corrected chi connectivity index (χ0v) is 12.5. The third-order valence-corrected chi connectivity index (χ3v) is 4.61. The van der Waals surface area contributed by atoms with Gasteiger partial charge in [-0.1, -0.05) is 12.1 Å². The Bertz CT molecular complexity index is 693.